The molecule has 0 amide bonds. The van der Waals surface area contributed by atoms with Crippen LogP contribution >= 0.6 is 0 Å². The summed E-state index contributed by atoms with van der Waals surface area (Å²) in [5.74, 6) is 1.89. The number of hydrogen-bond acceptors (Lipinski definition) is 4. The van der Waals surface area contributed by atoms with Crippen molar-refractivity contribution >= 4 is 5.82 Å². The molecule has 1 aliphatic rings. The van der Waals surface area contributed by atoms with Crippen molar-refractivity contribution in [2.75, 3.05) is 31.7 Å². The summed E-state index contributed by atoms with van der Waals surface area (Å²) in [5.41, 5.74) is 2.46. The van der Waals surface area contributed by atoms with E-state index in [-0.39, 0.29) is 0 Å². The molecule has 0 aliphatic heterocycles. The van der Waals surface area contributed by atoms with Gasteiger partial charge >= 0.3 is 0 Å². The lowest BCUT2D eigenvalue weighted by Crippen LogP contribution is -2.25. The van der Waals surface area contributed by atoms with Gasteiger partial charge in [-0.3, -0.25) is 0 Å². The number of aromatic nitrogens is 1. The van der Waals surface area contributed by atoms with Crippen molar-refractivity contribution in [2.24, 2.45) is 5.92 Å². The Morgan fingerprint density at radius 1 is 1.43 bits per heavy atom. The van der Waals surface area contributed by atoms with E-state index in [0.29, 0.717) is 6.04 Å². The van der Waals surface area contributed by atoms with Crippen LogP contribution in [-0.2, 0) is 11.3 Å². The minimum atomic E-state index is 0.497. The first-order valence-electron chi connectivity index (χ1n) is 8.04. The summed E-state index contributed by atoms with van der Waals surface area (Å²) >= 11 is 0. The molecular formula is C17H29N3O. The summed E-state index contributed by atoms with van der Waals surface area (Å²) in [5, 5.41) is 3.42. The maximum Gasteiger partial charge on any atom is 0.131 e. The van der Waals surface area contributed by atoms with Gasteiger partial charge in [0.15, 0.2) is 0 Å². The van der Waals surface area contributed by atoms with Crippen LogP contribution in [0.5, 0.6) is 0 Å². The van der Waals surface area contributed by atoms with E-state index in [1.54, 1.807) is 0 Å². The molecule has 0 radical (unpaired) electrons. The Morgan fingerprint density at radius 2 is 2.19 bits per heavy atom. The van der Waals surface area contributed by atoms with Crippen molar-refractivity contribution in [1.29, 1.82) is 0 Å². The molecule has 21 heavy (non-hydrogen) atoms. The predicted octanol–water partition coefficient (Wildman–Crippen LogP) is 2.75. The number of anilines is 1. The summed E-state index contributed by atoms with van der Waals surface area (Å²) in [6.45, 7) is 9.92. The molecule has 0 bridgehead atoms. The SMILES string of the molecule is Cc1cc(CNC(C)C)cnc1N(C)CCOCC1CC1. The average Bonchev–Trinajstić information content (AvgIpc) is 3.25. The van der Waals surface area contributed by atoms with Gasteiger partial charge in [-0.15, -0.1) is 0 Å². The van der Waals surface area contributed by atoms with Gasteiger partial charge in [0.1, 0.15) is 5.82 Å². The standard InChI is InChI=1S/C17H29N3O/c1-13(2)18-10-16-9-14(3)17(19-11-16)20(4)7-8-21-12-15-5-6-15/h9,11,13,15,18H,5-8,10,12H2,1-4H3. The van der Waals surface area contributed by atoms with Gasteiger partial charge in [0, 0.05) is 39.0 Å². The zero-order chi connectivity index (χ0) is 15.2. The van der Waals surface area contributed by atoms with Crippen LogP contribution in [0.25, 0.3) is 0 Å². The van der Waals surface area contributed by atoms with E-state index >= 15 is 0 Å². The number of rotatable bonds is 9. The number of likely N-dealkylation sites (N-methyl/N-ethyl adjacent to an activating group) is 1. The average molecular weight is 291 g/mol. The van der Waals surface area contributed by atoms with Gasteiger partial charge in [-0.2, -0.15) is 0 Å². The van der Waals surface area contributed by atoms with Gasteiger partial charge in [-0.05, 0) is 42.9 Å². The minimum absolute atomic E-state index is 0.497. The molecule has 1 saturated carbocycles. The van der Waals surface area contributed by atoms with Gasteiger partial charge in [0.05, 0.1) is 6.61 Å². The number of nitrogens with one attached hydrogen (secondary N) is 1. The maximum atomic E-state index is 5.70. The smallest absolute Gasteiger partial charge is 0.131 e. The molecule has 1 N–H and O–H groups in total. The zero-order valence-corrected chi connectivity index (χ0v) is 13.9. The maximum absolute atomic E-state index is 5.70. The van der Waals surface area contributed by atoms with E-state index in [2.05, 4.69) is 49.1 Å². The van der Waals surface area contributed by atoms with Crippen LogP contribution in [0.4, 0.5) is 5.82 Å². The normalized spacial score (nSPS) is 14.7. The molecule has 1 aromatic rings. The summed E-state index contributed by atoms with van der Waals surface area (Å²) in [7, 11) is 2.09. The summed E-state index contributed by atoms with van der Waals surface area (Å²) in [6.07, 6.45) is 4.67. The fourth-order valence-electron chi connectivity index (χ4n) is 2.29. The highest BCUT2D eigenvalue weighted by atomic mass is 16.5. The van der Waals surface area contributed by atoms with E-state index in [1.807, 2.05) is 6.20 Å². The number of hydrogen-bond donors (Lipinski definition) is 1. The molecule has 4 heteroatoms. The minimum Gasteiger partial charge on any atom is -0.379 e. The quantitative estimate of drug-likeness (QED) is 0.710. The van der Waals surface area contributed by atoms with Crippen LogP contribution in [0, 0.1) is 12.8 Å². The molecule has 118 valence electrons. The second kappa shape index (κ2) is 7.76. The molecule has 1 heterocycles. The largest absolute Gasteiger partial charge is 0.379 e. The molecule has 4 nitrogen and oxygen atoms in total. The van der Waals surface area contributed by atoms with Crippen molar-refractivity contribution in [1.82, 2.24) is 10.3 Å². The highest BCUT2D eigenvalue weighted by Gasteiger charge is 2.21. The predicted molar refractivity (Wildman–Crippen MR) is 87.8 cm³/mol. The summed E-state index contributed by atoms with van der Waals surface area (Å²) in [4.78, 5) is 6.80. The Bertz CT molecular complexity index is 444. The topological polar surface area (TPSA) is 37.4 Å². The third-order valence-electron chi connectivity index (χ3n) is 3.80. The first-order chi connectivity index (χ1) is 10.1. The fraction of sp³-hybridized carbons (Fsp3) is 0.706. The second-order valence-electron chi connectivity index (χ2n) is 6.46. The number of ether oxygens (including phenoxy) is 1. The lowest BCUT2D eigenvalue weighted by atomic mass is 10.2. The molecule has 2 rings (SSSR count). The van der Waals surface area contributed by atoms with Gasteiger partial charge in [0.25, 0.3) is 0 Å². The van der Waals surface area contributed by atoms with Crippen LogP contribution in [0.15, 0.2) is 12.3 Å². The van der Waals surface area contributed by atoms with Gasteiger partial charge in [-0.1, -0.05) is 13.8 Å². The van der Waals surface area contributed by atoms with Gasteiger partial charge in [0.2, 0.25) is 0 Å². The van der Waals surface area contributed by atoms with Crippen LogP contribution in [-0.4, -0.2) is 37.8 Å². The Labute approximate surface area is 128 Å². The van der Waals surface area contributed by atoms with Gasteiger partial charge < -0.3 is 15.0 Å². The number of aryl methyl sites for hydroxylation is 1. The summed E-state index contributed by atoms with van der Waals surface area (Å²) < 4.78 is 5.70. The molecule has 0 spiro atoms. The molecule has 0 atom stereocenters. The van der Waals surface area contributed by atoms with Crippen LogP contribution in [0.3, 0.4) is 0 Å². The number of nitrogens with zero attached hydrogens (tertiary/aromatic N) is 2. The van der Waals surface area contributed by atoms with E-state index in [1.165, 1.54) is 24.0 Å². The van der Waals surface area contributed by atoms with E-state index in [0.717, 1.165) is 38.0 Å². The molecule has 1 aromatic heterocycles. The van der Waals surface area contributed by atoms with E-state index in [4.69, 9.17) is 4.74 Å². The van der Waals surface area contributed by atoms with E-state index in [9.17, 15) is 0 Å². The lowest BCUT2D eigenvalue weighted by molar-refractivity contribution is 0.130. The molecule has 0 saturated heterocycles. The molecule has 1 aliphatic carbocycles. The van der Waals surface area contributed by atoms with E-state index < -0.39 is 0 Å². The van der Waals surface area contributed by atoms with Crippen LogP contribution in [0.2, 0.25) is 0 Å². The molecule has 0 aromatic carbocycles. The first-order valence-corrected chi connectivity index (χ1v) is 8.04. The highest BCUT2D eigenvalue weighted by molar-refractivity contribution is 5.46. The Morgan fingerprint density at radius 3 is 2.81 bits per heavy atom. The Hall–Kier alpha value is -1.13. The van der Waals surface area contributed by atoms with Crippen LogP contribution < -0.4 is 10.2 Å². The fourth-order valence-corrected chi connectivity index (χ4v) is 2.29. The zero-order valence-electron chi connectivity index (χ0n) is 13.9. The lowest BCUT2D eigenvalue weighted by Gasteiger charge is -2.21. The van der Waals surface area contributed by atoms with Gasteiger partial charge in [-0.25, -0.2) is 4.98 Å². The Kier molecular flexibility index (Phi) is 6.00. The van der Waals surface area contributed by atoms with Crippen molar-refractivity contribution in [3.63, 3.8) is 0 Å². The third kappa shape index (κ3) is 5.64. The third-order valence-corrected chi connectivity index (χ3v) is 3.80. The van der Waals surface area contributed by atoms with Crippen molar-refractivity contribution < 1.29 is 4.74 Å². The summed E-state index contributed by atoms with van der Waals surface area (Å²) in [6, 6.07) is 2.72. The van der Waals surface area contributed by atoms with Crippen molar-refractivity contribution in [3.8, 4) is 0 Å². The highest BCUT2D eigenvalue weighted by Crippen LogP contribution is 2.28. The monoisotopic (exact) mass is 291 g/mol. The van der Waals surface area contributed by atoms with Crippen LogP contribution in [0.1, 0.15) is 37.8 Å². The molecular weight excluding hydrogens is 262 g/mol. The number of pyridine rings is 1. The molecule has 1 fully saturated rings. The first kappa shape index (κ1) is 16.2. The Balaban J connectivity index is 1.80. The molecule has 0 unspecified atom stereocenters. The van der Waals surface area contributed by atoms with Crippen molar-refractivity contribution in [2.45, 2.75) is 46.2 Å². The van der Waals surface area contributed by atoms with Crippen molar-refractivity contribution in [3.05, 3.63) is 23.4 Å². The second-order valence-corrected chi connectivity index (χ2v) is 6.46.